The molecule has 110 valence electrons. The van der Waals surface area contributed by atoms with Crippen molar-refractivity contribution >= 4 is 14.3 Å². The predicted molar refractivity (Wildman–Crippen MR) is 77.3 cm³/mol. The number of hydrogen-bond acceptors (Lipinski definition) is 4. The average molecular weight is 286 g/mol. The predicted octanol–water partition coefficient (Wildman–Crippen LogP) is 3.24. The van der Waals surface area contributed by atoms with Crippen LogP contribution in [0.1, 0.15) is 34.6 Å². The van der Waals surface area contributed by atoms with Crippen molar-refractivity contribution in [2.24, 2.45) is 0 Å². The zero-order valence-corrected chi connectivity index (χ0v) is 14.1. The molecule has 0 aromatic heterocycles. The van der Waals surface area contributed by atoms with Crippen LogP contribution in [0.15, 0.2) is 12.7 Å². The quantitative estimate of drug-likeness (QED) is 0.590. The Labute approximate surface area is 117 Å². The van der Waals surface area contributed by atoms with E-state index in [1.165, 1.54) is 0 Å². The van der Waals surface area contributed by atoms with E-state index in [4.69, 9.17) is 13.9 Å². The van der Waals surface area contributed by atoms with E-state index in [2.05, 4.69) is 27.4 Å². The fraction of sp³-hybridized carbons (Fsp3) is 0.786. The molecule has 1 saturated heterocycles. The van der Waals surface area contributed by atoms with Crippen molar-refractivity contribution in [1.29, 1.82) is 0 Å². The summed E-state index contributed by atoms with van der Waals surface area (Å²) in [6.45, 7) is 17.6. The number of ether oxygens (including phenoxy) is 2. The summed E-state index contributed by atoms with van der Waals surface area (Å²) in [7, 11) is -2.14. The normalized spacial score (nSPS) is 27.1. The van der Waals surface area contributed by atoms with E-state index in [1.807, 2.05) is 13.1 Å². The first-order valence-electron chi connectivity index (χ1n) is 6.61. The molecule has 19 heavy (non-hydrogen) atoms. The van der Waals surface area contributed by atoms with Crippen molar-refractivity contribution < 1.29 is 18.7 Å². The zero-order valence-electron chi connectivity index (χ0n) is 13.1. The fourth-order valence-corrected chi connectivity index (χ4v) is 2.53. The Kier molecular flexibility index (Phi) is 4.35. The zero-order chi connectivity index (χ0) is 15.1. The van der Waals surface area contributed by atoms with Crippen LogP contribution in [0, 0.1) is 0 Å². The molecule has 1 fully saturated rings. The van der Waals surface area contributed by atoms with Crippen LogP contribution in [0.4, 0.5) is 0 Å². The highest BCUT2D eigenvalue weighted by Crippen LogP contribution is 2.38. The van der Waals surface area contributed by atoms with Gasteiger partial charge in [-0.3, -0.25) is 4.79 Å². The first-order valence-corrected chi connectivity index (χ1v) is 9.51. The van der Waals surface area contributed by atoms with E-state index in [-0.39, 0.29) is 11.0 Å². The van der Waals surface area contributed by atoms with Crippen molar-refractivity contribution in [3.63, 3.8) is 0 Å². The number of carbonyl (C=O) groups is 1. The van der Waals surface area contributed by atoms with Gasteiger partial charge in [0, 0.05) is 0 Å². The lowest BCUT2D eigenvalue weighted by atomic mass is 10.2. The third kappa shape index (κ3) is 3.67. The van der Waals surface area contributed by atoms with Crippen molar-refractivity contribution in [2.75, 3.05) is 0 Å². The molecule has 1 rings (SSSR count). The van der Waals surface area contributed by atoms with E-state index in [9.17, 15) is 4.79 Å². The third-order valence-corrected chi connectivity index (χ3v) is 8.08. The maximum Gasteiger partial charge on any atom is 0.325 e. The molecular weight excluding hydrogens is 260 g/mol. The van der Waals surface area contributed by atoms with E-state index in [0.29, 0.717) is 0 Å². The van der Waals surface area contributed by atoms with Gasteiger partial charge < -0.3 is 13.9 Å². The second-order valence-corrected chi connectivity index (χ2v) is 11.7. The largest absolute Gasteiger partial charge is 0.517 e. The number of rotatable bonds is 3. The summed E-state index contributed by atoms with van der Waals surface area (Å²) in [4.78, 5) is 12.3. The first kappa shape index (κ1) is 16.4. The average Bonchev–Trinajstić information content (AvgIpc) is 2.51. The Hall–Kier alpha value is -0.653. The first-order chi connectivity index (χ1) is 8.39. The van der Waals surface area contributed by atoms with Gasteiger partial charge in [0.05, 0.1) is 0 Å². The molecule has 4 nitrogen and oxygen atoms in total. The van der Waals surface area contributed by atoms with Gasteiger partial charge in [0.25, 0.3) is 8.32 Å². The summed E-state index contributed by atoms with van der Waals surface area (Å²) in [5, 5.41) is -0.0265. The van der Waals surface area contributed by atoms with Crippen LogP contribution in [0.25, 0.3) is 0 Å². The van der Waals surface area contributed by atoms with Crippen LogP contribution in [-0.2, 0) is 18.7 Å². The molecule has 0 aromatic carbocycles. The van der Waals surface area contributed by atoms with E-state index < -0.39 is 26.3 Å². The van der Waals surface area contributed by atoms with E-state index in [1.54, 1.807) is 19.9 Å². The van der Waals surface area contributed by atoms with Crippen LogP contribution in [-0.4, -0.2) is 32.3 Å². The standard InChI is InChI=1S/C14H26O4Si/c1-9-10-11(17-14(5,6)16-10)12(15)18-19(7,8)13(2,3)4/h9-11H,1H2,2-8H3/t10-,11-/m1/s1. The third-order valence-electron chi connectivity index (χ3n) is 3.76. The Bertz CT molecular complexity index is 368. The topological polar surface area (TPSA) is 44.8 Å². The van der Waals surface area contributed by atoms with Crippen LogP contribution in [0.3, 0.4) is 0 Å². The molecule has 0 aromatic rings. The van der Waals surface area contributed by atoms with Gasteiger partial charge in [-0.1, -0.05) is 26.8 Å². The Morgan fingerprint density at radius 2 is 1.84 bits per heavy atom. The van der Waals surface area contributed by atoms with E-state index in [0.717, 1.165) is 0 Å². The Morgan fingerprint density at radius 1 is 1.32 bits per heavy atom. The highest BCUT2D eigenvalue weighted by Gasteiger charge is 2.48. The SMILES string of the molecule is C=C[C@H]1OC(C)(C)O[C@H]1C(=O)O[Si](C)(C)C(C)(C)C. The molecule has 5 heteroatoms. The minimum Gasteiger partial charge on any atom is -0.517 e. The molecule has 0 N–H and O–H groups in total. The highest BCUT2D eigenvalue weighted by molar-refractivity contribution is 6.75. The maximum absolute atomic E-state index is 12.3. The van der Waals surface area contributed by atoms with Gasteiger partial charge in [0.2, 0.25) is 0 Å². The lowest BCUT2D eigenvalue weighted by Crippen LogP contribution is -2.46. The van der Waals surface area contributed by atoms with Crippen LogP contribution in [0.5, 0.6) is 0 Å². The maximum atomic E-state index is 12.3. The lowest BCUT2D eigenvalue weighted by Gasteiger charge is -2.36. The van der Waals surface area contributed by atoms with Gasteiger partial charge in [-0.05, 0) is 32.0 Å². The van der Waals surface area contributed by atoms with Crippen LogP contribution in [0.2, 0.25) is 18.1 Å². The summed E-state index contributed by atoms with van der Waals surface area (Å²) in [6.07, 6.45) is 0.417. The summed E-state index contributed by atoms with van der Waals surface area (Å²) >= 11 is 0. The summed E-state index contributed by atoms with van der Waals surface area (Å²) in [5.41, 5.74) is 0. The molecule has 0 unspecified atom stereocenters. The molecule has 0 aliphatic carbocycles. The van der Waals surface area contributed by atoms with Crippen molar-refractivity contribution in [3.05, 3.63) is 12.7 Å². The lowest BCUT2D eigenvalue weighted by molar-refractivity contribution is -0.164. The fourth-order valence-electron chi connectivity index (χ4n) is 1.61. The highest BCUT2D eigenvalue weighted by atomic mass is 28.4. The monoisotopic (exact) mass is 286 g/mol. The van der Waals surface area contributed by atoms with Gasteiger partial charge in [-0.2, -0.15) is 0 Å². The van der Waals surface area contributed by atoms with Crippen molar-refractivity contribution in [2.45, 2.75) is 70.7 Å². The minimum atomic E-state index is -2.14. The summed E-state index contributed by atoms with van der Waals surface area (Å²) in [5.74, 6) is -1.13. The second kappa shape index (κ2) is 5.03. The summed E-state index contributed by atoms with van der Waals surface area (Å²) in [6, 6.07) is 0. The second-order valence-electron chi connectivity index (χ2n) is 6.94. The van der Waals surface area contributed by atoms with Crippen LogP contribution < -0.4 is 0 Å². The molecule has 0 bridgehead atoms. The molecule has 0 saturated carbocycles. The molecule has 0 spiro atoms. The Balaban J connectivity index is 2.82. The minimum absolute atomic E-state index is 0.0265. The molecule has 1 aliphatic heterocycles. The summed E-state index contributed by atoms with van der Waals surface area (Å²) < 4.78 is 17.0. The van der Waals surface area contributed by atoms with Gasteiger partial charge in [0.1, 0.15) is 6.10 Å². The molecule has 0 amide bonds. The number of carbonyl (C=O) groups excluding carboxylic acids is 1. The van der Waals surface area contributed by atoms with Gasteiger partial charge in [-0.15, -0.1) is 6.58 Å². The van der Waals surface area contributed by atoms with E-state index >= 15 is 0 Å². The van der Waals surface area contributed by atoms with Crippen molar-refractivity contribution in [1.82, 2.24) is 0 Å². The Morgan fingerprint density at radius 3 is 2.26 bits per heavy atom. The van der Waals surface area contributed by atoms with Gasteiger partial charge >= 0.3 is 5.97 Å². The molecule has 1 aliphatic rings. The number of hydrogen-bond donors (Lipinski definition) is 0. The molecule has 2 atom stereocenters. The van der Waals surface area contributed by atoms with Crippen molar-refractivity contribution in [3.8, 4) is 0 Å². The molecular formula is C14H26O4Si. The smallest absolute Gasteiger partial charge is 0.325 e. The molecule has 0 radical (unpaired) electrons. The molecule has 1 heterocycles. The van der Waals surface area contributed by atoms with Gasteiger partial charge in [0.15, 0.2) is 11.9 Å². The van der Waals surface area contributed by atoms with Gasteiger partial charge in [-0.25, -0.2) is 0 Å². The van der Waals surface area contributed by atoms with Crippen LogP contribution >= 0.6 is 0 Å².